The van der Waals surface area contributed by atoms with E-state index < -0.39 is 12.6 Å². The van der Waals surface area contributed by atoms with Crippen LogP contribution in [0.25, 0.3) is 11.3 Å². The number of esters is 1. The summed E-state index contributed by atoms with van der Waals surface area (Å²) in [7, 11) is 1.25. The highest BCUT2D eigenvalue weighted by atomic mass is 35.5. The van der Waals surface area contributed by atoms with Gasteiger partial charge in [0.15, 0.2) is 5.76 Å². The lowest BCUT2D eigenvalue weighted by Crippen LogP contribution is -2.05. The van der Waals surface area contributed by atoms with Crippen LogP contribution in [0.5, 0.6) is 0 Å². The molecule has 0 amide bonds. The number of carbonyl (C=O) groups excluding carboxylic acids is 1. The second kappa shape index (κ2) is 5.20. The van der Waals surface area contributed by atoms with E-state index in [1.165, 1.54) is 7.11 Å². The molecule has 1 aromatic heterocycles. The van der Waals surface area contributed by atoms with Crippen LogP contribution in [0.2, 0.25) is 5.02 Å². The third-order valence-electron chi connectivity index (χ3n) is 2.41. The number of rotatable bonds is 3. The van der Waals surface area contributed by atoms with Crippen molar-refractivity contribution in [1.82, 2.24) is 5.16 Å². The van der Waals surface area contributed by atoms with Crippen molar-refractivity contribution in [2.24, 2.45) is 0 Å². The topological polar surface area (TPSA) is 72.6 Å². The molecule has 1 N–H and O–H groups in total. The van der Waals surface area contributed by atoms with E-state index in [1.807, 2.05) is 0 Å². The van der Waals surface area contributed by atoms with Crippen LogP contribution in [0.1, 0.15) is 16.1 Å². The summed E-state index contributed by atoms with van der Waals surface area (Å²) in [6, 6.07) is 6.75. The fraction of sp³-hybridized carbons (Fsp3) is 0.167. The predicted octanol–water partition coefficient (Wildman–Crippen LogP) is 2.27. The van der Waals surface area contributed by atoms with Gasteiger partial charge in [-0.05, 0) is 12.1 Å². The minimum Gasteiger partial charge on any atom is -0.465 e. The molecular weight excluding hydrogens is 258 g/mol. The maximum absolute atomic E-state index is 11.7. The molecule has 6 heteroatoms. The molecule has 0 aliphatic carbocycles. The molecule has 94 valence electrons. The summed E-state index contributed by atoms with van der Waals surface area (Å²) in [6.07, 6.45) is 0. The Morgan fingerprint density at radius 3 is 2.67 bits per heavy atom. The van der Waals surface area contributed by atoms with E-state index >= 15 is 0 Å². The standard InChI is InChI=1S/C12H10ClNO4/c1-17-12(16)10-9(6-15)18-14-11(10)7-2-4-8(13)5-3-7/h2-5,15H,6H2,1H3. The normalized spacial score (nSPS) is 10.4. The van der Waals surface area contributed by atoms with Crippen LogP contribution < -0.4 is 0 Å². The number of benzene rings is 1. The maximum atomic E-state index is 11.7. The molecule has 0 bridgehead atoms. The van der Waals surface area contributed by atoms with Crippen molar-refractivity contribution in [2.45, 2.75) is 6.61 Å². The Labute approximate surface area is 108 Å². The highest BCUT2D eigenvalue weighted by Crippen LogP contribution is 2.27. The minimum absolute atomic E-state index is 0.0757. The van der Waals surface area contributed by atoms with Crippen LogP contribution >= 0.6 is 11.6 Å². The third-order valence-corrected chi connectivity index (χ3v) is 2.67. The van der Waals surface area contributed by atoms with E-state index in [0.717, 1.165) is 0 Å². The fourth-order valence-electron chi connectivity index (χ4n) is 1.55. The number of ether oxygens (including phenoxy) is 1. The number of aromatic nitrogens is 1. The van der Waals surface area contributed by atoms with Crippen LogP contribution in [-0.4, -0.2) is 23.3 Å². The molecule has 0 aliphatic rings. The van der Waals surface area contributed by atoms with Gasteiger partial charge in [-0.1, -0.05) is 28.9 Å². The summed E-state index contributed by atoms with van der Waals surface area (Å²) in [6.45, 7) is -0.426. The summed E-state index contributed by atoms with van der Waals surface area (Å²) in [4.78, 5) is 11.7. The van der Waals surface area contributed by atoms with Gasteiger partial charge in [-0.25, -0.2) is 4.79 Å². The van der Waals surface area contributed by atoms with Gasteiger partial charge in [0.25, 0.3) is 0 Å². The summed E-state index contributed by atoms with van der Waals surface area (Å²) < 4.78 is 9.57. The zero-order valence-corrected chi connectivity index (χ0v) is 10.3. The Kier molecular flexibility index (Phi) is 3.64. The van der Waals surface area contributed by atoms with Crippen molar-refractivity contribution in [3.63, 3.8) is 0 Å². The Hall–Kier alpha value is -1.85. The van der Waals surface area contributed by atoms with Crippen molar-refractivity contribution < 1.29 is 19.2 Å². The molecule has 0 unspecified atom stereocenters. The van der Waals surface area contributed by atoms with Crippen molar-refractivity contribution in [2.75, 3.05) is 7.11 Å². The number of nitrogens with zero attached hydrogens (tertiary/aromatic N) is 1. The first-order valence-electron chi connectivity index (χ1n) is 5.11. The highest BCUT2D eigenvalue weighted by molar-refractivity contribution is 6.30. The summed E-state index contributed by atoms with van der Waals surface area (Å²) in [5.74, 6) is -0.531. The third kappa shape index (κ3) is 2.23. The fourth-order valence-corrected chi connectivity index (χ4v) is 1.68. The molecule has 0 radical (unpaired) electrons. The average Bonchev–Trinajstić information content (AvgIpc) is 2.82. The molecule has 1 heterocycles. The molecule has 2 aromatic rings. The van der Waals surface area contributed by atoms with E-state index in [0.29, 0.717) is 16.3 Å². The number of aliphatic hydroxyl groups is 1. The van der Waals surface area contributed by atoms with Crippen LogP contribution in [0, 0.1) is 0 Å². The zero-order chi connectivity index (χ0) is 13.1. The number of hydrogen-bond acceptors (Lipinski definition) is 5. The molecule has 0 saturated carbocycles. The smallest absolute Gasteiger partial charge is 0.343 e. The first kappa shape index (κ1) is 12.6. The van der Waals surface area contributed by atoms with Crippen LogP contribution in [0.3, 0.4) is 0 Å². The molecule has 0 atom stereocenters. The minimum atomic E-state index is -0.606. The van der Waals surface area contributed by atoms with Crippen molar-refractivity contribution in [3.8, 4) is 11.3 Å². The number of halogens is 1. The van der Waals surface area contributed by atoms with Gasteiger partial charge in [-0.2, -0.15) is 0 Å². The summed E-state index contributed by atoms with van der Waals surface area (Å²) in [5, 5.41) is 13.5. The largest absolute Gasteiger partial charge is 0.465 e. The summed E-state index contributed by atoms with van der Waals surface area (Å²) >= 11 is 5.79. The van der Waals surface area contributed by atoms with Gasteiger partial charge in [0.1, 0.15) is 17.9 Å². The predicted molar refractivity (Wildman–Crippen MR) is 64.2 cm³/mol. The molecule has 2 rings (SSSR count). The Morgan fingerprint density at radius 1 is 1.44 bits per heavy atom. The van der Waals surface area contributed by atoms with Crippen LogP contribution in [0.4, 0.5) is 0 Å². The monoisotopic (exact) mass is 267 g/mol. The molecule has 1 aromatic carbocycles. The lowest BCUT2D eigenvalue weighted by atomic mass is 10.1. The number of carbonyl (C=O) groups is 1. The lowest BCUT2D eigenvalue weighted by molar-refractivity contribution is 0.0595. The number of aliphatic hydroxyl groups excluding tert-OH is 1. The number of hydrogen-bond donors (Lipinski definition) is 1. The van der Waals surface area contributed by atoms with E-state index in [4.69, 9.17) is 21.2 Å². The first-order chi connectivity index (χ1) is 8.67. The second-order valence-corrected chi connectivity index (χ2v) is 3.92. The quantitative estimate of drug-likeness (QED) is 0.864. The first-order valence-corrected chi connectivity index (χ1v) is 5.48. The van der Waals surface area contributed by atoms with Crippen molar-refractivity contribution in [1.29, 1.82) is 0 Å². The van der Waals surface area contributed by atoms with Crippen molar-refractivity contribution >= 4 is 17.6 Å². The van der Waals surface area contributed by atoms with Crippen LogP contribution in [-0.2, 0) is 11.3 Å². The van der Waals surface area contributed by atoms with Crippen molar-refractivity contribution in [3.05, 3.63) is 40.6 Å². The average molecular weight is 268 g/mol. The van der Waals surface area contributed by atoms with E-state index in [-0.39, 0.29) is 11.3 Å². The lowest BCUT2D eigenvalue weighted by Gasteiger charge is -2.01. The highest BCUT2D eigenvalue weighted by Gasteiger charge is 2.24. The molecule has 0 fully saturated rings. The van der Waals surface area contributed by atoms with E-state index in [1.54, 1.807) is 24.3 Å². The van der Waals surface area contributed by atoms with Gasteiger partial charge < -0.3 is 14.4 Å². The Balaban J connectivity index is 2.54. The molecule has 0 saturated heterocycles. The van der Waals surface area contributed by atoms with Gasteiger partial charge >= 0.3 is 5.97 Å². The zero-order valence-electron chi connectivity index (χ0n) is 9.51. The van der Waals surface area contributed by atoms with Gasteiger partial charge in [0.05, 0.1) is 7.11 Å². The van der Waals surface area contributed by atoms with Gasteiger partial charge in [-0.15, -0.1) is 0 Å². The molecule has 0 spiro atoms. The van der Waals surface area contributed by atoms with Gasteiger partial charge in [0, 0.05) is 10.6 Å². The van der Waals surface area contributed by atoms with Gasteiger partial charge in [-0.3, -0.25) is 0 Å². The number of methoxy groups -OCH3 is 1. The molecule has 0 aliphatic heterocycles. The molecule has 5 nitrogen and oxygen atoms in total. The molecule has 18 heavy (non-hydrogen) atoms. The second-order valence-electron chi connectivity index (χ2n) is 3.49. The SMILES string of the molecule is COC(=O)c1c(-c2ccc(Cl)cc2)noc1CO. The van der Waals surface area contributed by atoms with Gasteiger partial charge in [0.2, 0.25) is 0 Å². The maximum Gasteiger partial charge on any atom is 0.343 e. The van der Waals surface area contributed by atoms with E-state index in [9.17, 15) is 4.79 Å². The van der Waals surface area contributed by atoms with E-state index in [2.05, 4.69) is 9.89 Å². The Bertz CT molecular complexity index is 562. The summed E-state index contributed by atoms with van der Waals surface area (Å²) in [5.41, 5.74) is 1.10. The molecular formula is C12H10ClNO4. The van der Waals surface area contributed by atoms with Crippen LogP contribution in [0.15, 0.2) is 28.8 Å². The Morgan fingerprint density at radius 2 is 2.11 bits per heavy atom.